The summed E-state index contributed by atoms with van der Waals surface area (Å²) >= 11 is 5.86. The average Bonchev–Trinajstić information content (AvgIpc) is 2.67. The molecule has 0 saturated heterocycles. The van der Waals surface area contributed by atoms with E-state index in [0.29, 0.717) is 10.6 Å². The number of hydrogen-bond donors (Lipinski definition) is 1. The van der Waals surface area contributed by atoms with E-state index in [9.17, 15) is 13.6 Å². The molecule has 0 bridgehead atoms. The Morgan fingerprint density at radius 1 is 0.964 bits per heavy atom. The van der Waals surface area contributed by atoms with Gasteiger partial charge in [-0.1, -0.05) is 53.6 Å². The first-order valence-corrected chi connectivity index (χ1v) is 9.23. The van der Waals surface area contributed by atoms with Crippen molar-refractivity contribution in [3.05, 3.63) is 94.0 Å². The predicted octanol–water partition coefficient (Wildman–Crippen LogP) is 6.36. The van der Waals surface area contributed by atoms with E-state index in [2.05, 4.69) is 5.32 Å². The topological polar surface area (TPSA) is 29.1 Å². The van der Waals surface area contributed by atoms with Crippen LogP contribution in [0.1, 0.15) is 34.0 Å². The third-order valence-corrected chi connectivity index (χ3v) is 4.71. The molecule has 0 saturated carbocycles. The zero-order valence-corrected chi connectivity index (χ0v) is 16.4. The highest BCUT2D eigenvalue weighted by Gasteiger charge is 2.26. The van der Waals surface area contributed by atoms with Crippen LogP contribution in [0.2, 0.25) is 5.02 Å². The smallest absolute Gasteiger partial charge is 0.270 e. The highest BCUT2D eigenvalue weighted by Crippen LogP contribution is 2.32. The maximum Gasteiger partial charge on any atom is 0.270 e. The second-order valence-electron chi connectivity index (χ2n) is 6.86. The van der Waals surface area contributed by atoms with Crippen LogP contribution in [0.3, 0.4) is 0 Å². The zero-order chi connectivity index (χ0) is 20.3. The van der Waals surface area contributed by atoms with Crippen LogP contribution in [0.4, 0.5) is 8.78 Å². The molecule has 144 valence electrons. The fourth-order valence-electron chi connectivity index (χ4n) is 2.81. The summed E-state index contributed by atoms with van der Waals surface area (Å²) in [7, 11) is 0. The molecule has 0 aliphatic heterocycles. The molecule has 0 spiro atoms. The van der Waals surface area contributed by atoms with Gasteiger partial charge in [0.25, 0.3) is 11.8 Å². The third-order valence-electron chi connectivity index (χ3n) is 4.45. The molecule has 28 heavy (non-hydrogen) atoms. The van der Waals surface area contributed by atoms with Crippen LogP contribution in [-0.2, 0) is 12.5 Å². The molecule has 5 heteroatoms. The Kier molecular flexibility index (Phi) is 5.80. The van der Waals surface area contributed by atoms with Crippen molar-refractivity contribution >= 4 is 17.5 Å². The standard InChI is InChI=1S/C23H20ClF2NO/c1-15-3-7-17(8-4-15)18-11-19(13-20(12-18)23(2,25)26)22(28)27-14-16-5-9-21(24)10-6-16/h3-13H,14H2,1-2H3,(H,27,28). The first-order valence-electron chi connectivity index (χ1n) is 8.85. The summed E-state index contributed by atoms with van der Waals surface area (Å²) < 4.78 is 28.0. The summed E-state index contributed by atoms with van der Waals surface area (Å²) in [5, 5.41) is 3.38. The van der Waals surface area contributed by atoms with Crippen molar-refractivity contribution in [2.75, 3.05) is 0 Å². The number of alkyl halides is 2. The van der Waals surface area contributed by atoms with Crippen molar-refractivity contribution in [3.63, 3.8) is 0 Å². The normalized spacial score (nSPS) is 11.3. The molecular formula is C23H20ClF2NO. The summed E-state index contributed by atoms with van der Waals surface area (Å²) in [5.74, 6) is -3.46. The van der Waals surface area contributed by atoms with Gasteiger partial charge in [0.15, 0.2) is 0 Å². The number of amides is 1. The van der Waals surface area contributed by atoms with Crippen LogP contribution in [0.25, 0.3) is 11.1 Å². The van der Waals surface area contributed by atoms with Gasteiger partial charge in [-0.15, -0.1) is 0 Å². The molecule has 0 unspecified atom stereocenters. The van der Waals surface area contributed by atoms with Crippen LogP contribution in [0.5, 0.6) is 0 Å². The Balaban J connectivity index is 1.90. The van der Waals surface area contributed by atoms with E-state index in [4.69, 9.17) is 11.6 Å². The van der Waals surface area contributed by atoms with Gasteiger partial charge in [0, 0.05) is 29.6 Å². The molecule has 0 aliphatic carbocycles. The number of carbonyl (C=O) groups is 1. The summed E-state index contributed by atoms with van der Waals surface area (Å²) in [6, 6.07) is 18.9. The van der Waals surface area contributed by atoms with Gasteiger partial charge >= 0.3 is 0 Å². The molecule has 2 nitrogen and oxygen atoms in total. The van der Waals surface area contributed by atoms with E-state index in [1.807, 2.05) is 31.2 Å². The van der Waals surface area contributed by atoms with E-state index in [-0.39, 0.29) is 17.7 Å². The summed E-state index contributed by atoms with van der Waals surface area (Å²) in [4.78, 5) is 12.6. The summed E-state index contributed by atoms with van der Waals surface area (Å²) in [6.45, 7) is 3.06. The maximum atomic E-state index is 14.0. The van der Waals surface area contributed by atoms with E-state index in [0.717, 1.165) is 23.6 Å². The Bertz CT molecular complexity index is 977. The lowest BCUT2D eigenvalue weighted by Gasteiger charge is -2.15. The minimum atomic E-state index is -3.05. The van der Waals surface area contributed by atoms with Crippen LogP contribution >= 0.6 is 11.6 Å². The molecule has 0 aliphatic rings. The van der Waals surface area contributed by atoms with Crippen molar-refractivity contribution in [2.24, 2.45) is 0 Å². The highest BCUT2D eigenvalue weighted by molar-refractivity contribution is 6.30. The van der Waals surface area contributed by atoms with Gasteiger partial charge in [-0.3, -0.25) is 4.79 Å². The second-order valence-corrected chi connectivity index (χ2v) is 7.30. The van der Waals surface area contributed by atoms with Crippen LogP contribution in [-0.4, -0.2) is 5.91 Å². The Morgan fingerprint density at radius 2 is 1.61 bits per heavy atom. The third kappa shape index (κ3) is 4.96. The summed E-state index contributed by atoms with van der Waals surface area (Å²) in [6.07, 6.45) is 0. The van der Waals surface area contributed by atoms with E-state index < -0.39 is 11.8 Å². The molecule has 1 N–H and O–H groups in total. The van der Waals surface area contributed by atoms with Crippen molar-refractivity contribution in [1.82, 2.24) is 5.32 Å². The lowest BCUT2D eigenvalue weighted by molar-refractivity contribution is 0.0175. The average molecular weight is 400 g/mol. The van der Waals surface area contributed by atoms with Crippen LogP contribution < -0.4 is 5.32 Å². The van der Waals surface area contributed by atoms with Gasteiger partial charge in [-0.25, -0.2) is 8.78 Å². The number of hydrogen-bond acceptors (Lipinski definition) is 1. The van der Waals surface area contributed by atoms with Gasteiger partial charge < -0.3 is 5.32 Å². The van der Waals surface area contributed by atoms with Crippen LogP contribution in [0, 0.1) is 6.92 Å². The number of benzene rings is 3. The van der Waals surface area contributed by atoms with Gasteiger partial charge in [-0.2, -0.15) is 0 Å². The maximum absolute atomic E-state index is 14.0. The largest absolute Gasteiger partial charge is 0.348 e. The van der Waals surface area contributed by atoms with Crippen molar-refractivity contribution in [1.29, 1.82) is 0 Å². The van der Waals surface area contributed by atoms with E-state index in [1.165, 1.54) is 12.1 Å². The SMILES string of the molecule is Cc1ccc(-c2cc(C(=O)NCc3ccc(Cl)cc3)cc(C(C)(F)F)c2)cc1. The molecule has 0 fully saturated rings. The number of carbonyl (C=O) groups excluding carboxylic acids is 1. The molecule has 3 rings (SSSR count). The zero-order valence-electron chi connectivity index (χ0n) is 15.6. The quantitative estimate of drug-likeness (QED) is 0.531. The molecule has 1 amide bonds. The molecule has 0 aromatic heterocycles. The lowest BCUT2D eigenvalue weighted by atomic mass is 9.96. The van der Waals surface area contributed by atoms with Gasteiger partial charge in [0.05, 0.1) is 0 Å². The Labute approximate surface area is 168 Å². The predicted molar refractivity (Wildman–Crippen MR) is 109 cm³/mol. The number of aryl methyl sites for hydroxylation is 1. The van der Waals surface area contributed by atoms with Gasteiger partial charge in [-0.05, 0) is 53.9 Å². The molecule has 0 heterocycles. The first kappa shape index (κ1) is 20.0. The number of rotatable bonds is 5. The highest BCUT2D eigenvalue weighted by atomic mass is 35.5. The summed E-state index contributed by atoms with van der Waals surface area (Å²) in [5.41, 5.74) is 3.31. The van der Waals surface area contributed by atoms with Crippen molar-refractivity contribution in [2.45, 2.75) is 26.3 Å². The fourth-order valence-corrected chi connectivity index (χ4v) is 2.94. The molecule has 3 aromatic rings. The van der Waals surface area contributed by atoms with E-state index in [1.54, 1.807) is 30.3 Å². The molecule has 3 aromatic carbocycles. The Morgan fingerprint density at radius 3 is 2.21 bits per heavy atom. The minimum absolute atomic E-state index is 0.192. The Hall–Kier alpha value is -2.72. The van der Waals surface area contributed by atoms with Crippen molar-refractivity contribution < 1.29 is 13.6 Å². The minimum Gasteiger partial charge on any atom is -0.348 e. The van der Waals surface area contributed by atoms with E-state index >= 15 is 0 Å². The number of halogens is 3. The second kappa shape index (κ2) is 8.11. The molecule has 0 atom stereocenters. The lowest BCUT2D eigenvalue weighted by Crippen LogP contribution is -2.23. The first-order chi connectivity index (χ1) is 13.2. The molecular weight excluding hydrogens is 380 g/mol. The number of nitrogens with one attached hydrogen (secondary N) is 1. The van der Waals surface area contributed by atoms with Gasteiger partial charge in [0.2, 0.25) is 0 Å². The van der Waals surface area contributed by atoms with Crippen molar-refractivity contribution in [3.8, 4) is 11.1 Å². The van der Waals surface area contributed by atoms with Crippen LogP contribution in [0.15, 0.2) is 66.7 Å². The van der Waals surface area contributed by atoms with Gasteiger partial charge in [0.1, 0.15) is 0 Å². The molecule has 0 radical (unpaired) electrons. The fraction of sp³-hybridized carbons (Fsp3) is 0.174. The monoisotopic (exact) mass is 399 g/mol.